The van der Waals surface area contributed by atoms with Crippen LogP contribution in [0.4, 0.5) is 0 Å². The zero-order valence-corrected chi connectivity index (χ0v) is 19.8. The van der Waals surface area contributed by atoms with Gasteiger partial charge in [0.05, 0.1) is 11.4 Å². The maximum atomic E-state index is 12.1. The number of carbonyl (C=O) groups excluding carboxylic acids is 1. The number of nitrogens with zero attached hydrogens (tertiary/aromatic N) is 4. The zero-order chi connectivity index (χ0) is 22.9. The molecule has 1 atom stereocenters. The summed E-state index contributed by atoms with van der Waals surface area (Å²) in [7, 11) is 0. The number of benzene rings is 3. The monoisotopic (exact) mass is 472 g/mol. The predicted octanol–water partition coefficient (Wildman–Crippen LogP) is 6.25. The van der Waals surface area contributed by atoms with E-state index in [0.29, 0.717) is 10.8 Å². The van der Waals surface area contributed by atoms with E-state index in [4.69, 9.17) is 16.6 Å². The molecule has 0 aliphatic carbocycles. The van der Waals surface area contributed by atoms with Crippen molar-refractivity contribution < 1.29 is 4.79 Å². The van der Waals surface area contributed by atoms with Crippen LogP contribution >= 0.6 is 23.4 Å². The van der Waals surface area contributed by atoms with Gasteiger partial charge in [0.15, 0.2) is 5.82 Å². The molecular formula is C26H21ClN4OS. The van der Waals surface area contributed by atoms with E-state index in [2.05, 4.69) is 40.5 Å². The molecule has 1 aliphatic heterocycles. The SMILES string of the molecule is CC(=O)C[C@@H]1N=C(c2ccc(Cl)cc2)c2cc(Sc3ccccc3)ccc2-n2c(C)nnc21. The minimum atomic E-state index is -0.424. The van der Waals surface area contributed by atoms with Gasteiger partial charge in [-0.15, -0.1) is 10.2 Å². The highest BCUT2D eigenvalue weighted by atomic mass is 35.5. The summed E-state index contributed by atoms with van der Waals surface area (Å²) in [4.78, 5) is 19.4. The van der Waals surface area contributed by atoms with Crippen molar-refractivity contribution in [2.24, 2.45) is 4.99 Å². The fraction of sp³-hybridized carbons (Fsp3) is 0.154. The number of hydrogen-bond donors (Lipinski definition) is 0. The van der Waals surface area contributed by atoms with Crippen molar-refractivity contribution in [3.8, 4) is 5.69 Å². The lowest BCUT2D eigenvalue weighted by Gasteiger charge is -2.14. The molecule has 33 heavy (non-hydrogen) atoms. The van der Waals surface area contributed by atoms with Crippen LogP contribution in [0.2, 0.25) is 5.02 Å². The minimum Gasteiger partial charge on any atom is -0.300 e. The molecule has 0 bridgehead atoms. The highest BCUT2D eigenvalue weighted by Crippen LogP contribution is 2.36. The van der Waals surface area contributed by atoms with Gasteiger partial charge in [-0.05, 0) is 56.3 Å². The summed E-state index contributed by atoms with van der Waals surface area (Å²) in [6.45, 7) is 3.50. The van der Waals surface area contributed by atoms with Gasteiger partial charge in [-0.25, -0.2) is 0 Å². The first-order chi connectivity index (χ1) is 16.0. The van der Waals surface area contributed by atoms with Crippen LogP contribution in [-0.4, -0.2) is 26.3 Å². The van der Waals surface area contributed by atoms with Gasteiger partial charge in [-0.3, -0.25) is 14.4 Å². The van der Waals surface area contributed by atoms with Gasteiger partial charge in [-0.1, -0.05) is 53.7 Å². The Morgan fingerprint density at radius 2 is 1.76 bits per heavy atom. The Bertz CT molecular complexity index is 1360. The van der Waals surface area contributed by atoms with Gasteiger partial charge >= 0.3 is 0 Å². The molecule has 0 spiro atoms. The van der Waals surface area contributed by atoms with Gasteiger partial charge in [-0.2, -0.15) is 0 Å². The van der Waals surface area contributed by atoms with E-state index >= 15 is 0 Å². The molecule has 1 aliphatic rings. The quantitative estimate of drug-likeness (QED) is 0.344. The Hall–Kier alpha value is -3.22. The maximum Gasteiger partial charge on any atom is 0.162 e. The molecule has 0 unspecified atom stereocenters. The van der Waals surface area contributed by atoms with Crippen LogP contribution in [-0.2, 0) is 4.79 Å². The van der Waals surface area contributed by atoms with E-state index in [0.717, 1.165) is 38.1 Å². The highest BCUT2D eigenvalue weighted by molar-refractivity contribution is 7.99. The second-order valence-electron chi connectivity index (χ2n) is 7.94. The van der Waals surface area contributed by atoms with Gasteiger partial charge < -0.3 is 0 Å². The number of aromatic nitrogens is 3. The molecule has 0 amide bonds. The van der Waals surface area contributed by atoms with Gasteiger partial charge in [0, 0.05) is 32.4 Å². The third-order valence-corrected chi connectivity index (χ3v) is 6.72. The lowest BCUT2D eigenvalue weighted by Crippen LogP contribution is -2.09. The summed E-state index contributed by atoms with van der Waals surface area (Å²) in [5.41, 5.74) is 3.67. The molecule has 0 radical (unpaired) electrons. The summed E-state index contributed by atoms with van der Waals surface area (Å²) in [6.07, 6.45) is 0.259. The molecular weight excluding hydrogens is 452 g/mol. The zero-order valence-electron chi connectivity index (χ0n) is 18.2. The molecule has 5 rings (SSSR count). The number of aliphatic imine (C=N–C) groups is 1. The minimum absolute atomic E-state index is 0.0534. The fourth-order valence-electron chi connectivity index (χ4n) is 4.01. The summed E-state index contributed by atoms with van der Waals surface area (Å²) in [6, 6.07) is 23.8. The third kappa shape index (κ3) is 4.36. The summed E-state index contributed by atoms with van der Waals surface area (Å²) in [5, 5.41) is 9.38. The predicted molar refractivity (Wildman–Crippen MR) is 132 cm³/mol. The van der Waals surface area contributed by atoms with Crippen LogP contribution in [0.1, 0.15) is 42.2 Å². The molecule has 0 N–H and O–H groups in total. The smallest absolute Gasteiger partial charge is 0.162 e. The van der Waals surface area contributed by atoms with E-state index in [1.165, 1.54) is 0 Å². The van der Waals surface area contributed by atoms with Crippen LogP contribution in [0.3, 0.4) is 0 Å². The summed E-state index contributed by atoms with van der Waals surface area (Å²) < 4.78 is 2.02. The van der Waals surface area contributed by atoms with Crippen LogP contribution in [0.5, 0.6) is 0 Å². The van der Waals surface area contributed by atoms with E-state index in [1.807, 2.05) is 54.0 Å². The molecule has 164 valence electrons. The van der Waals surface area contributed by atoms with Crippen LogP contribution < -0.4 is 0 Å². The number of ketones is 1. The Balaban J connectivity index is 1.72. The Labute approximate surface area is 201 Å². The third-order valence-electron chi connectivity index (χ3n) is 5.47. The van der Waals surface area contributed by atoms with Crippen molar-refractivity contribution in [1.29, 1.82) is 0 Å². The first kappa shape index (κ1) is 21.6. The topological polar surface area (TPSA) is 60.1 Å². The number of fused-ring (bicyclic) bond motifs is 3. The van der Waals surface area contributed by atoms with Crippen molar-refractivity contribution in [1.82, 2.24) is 14.8 Å². The molecule has 0 fully saturated rings. The lowest BCUT2D eigenvalue weighted by molar-refractivity contribution is -0.117. The van der Waals surface area contributed by atoms with E-state index < -0.39 is 6.04 Å². The number of rotatable bonds is 5. The van der Waals surface area contributed by atoms with E-state index in [9.17, 15) is 4.79 Å². The number of halogens is 1. The van der Waals surface area contributed by atoms with Crippen molar-refractivity contribution in [2.45, 2.75) is 36.1 Å². The van der Waals surface area contributed by atoms with Gasteiger partial charge in [0.1, 0.15) is 17.6 Å². The van der Waals surface area contributed by atoms with Gasteiger partial charge in [0.25, 0.3) is 0 Å². The summed E-state index contributed by atoms with van der Waals surface area (Å²) >= 11 is 7.86. The van der Waals surface area contributed by atoms with Crippen LogP contribution in [0.15, 0.2) is 87.6 Å². The number of hydrogen-bond acceptors (Lipinski definition) is 5. The number of aryl methyl sites for hydroxylation is 1. The van der Waals surface area contributed by atoms with Gasteiger partial charge in [0.2, 0.25) is 0 Å². The average Bonchev–Trinajstić information content (AvgIpc) is 3.13. The van der Waals surface area contributed by atoms with E-state index in [1.54, 1.807) is 18.7 Å². The first-order valence-corrected chi connectivity index (χ1v) is 11.8. The van der Waals surface area contributed by atoms with Crippen LogP contribution in [0, 0.1) is 6.92 Å². The van der Waals surface area contributed by atoms with Crippen molar-refractivity contribution in [3.05, 3.63) is 101 Å². The Kier molecular flexibility index (Phi) is 5.87. The largest absolute Gasteiger partial charge is 0.300 e. The highest BCUT2D eigenvalue weighted by Gasteiger charge is 2.29. The standard InChI is InChI=1S/C26H21ClN4OS/c1-16(32)14-23-26-30-29-17(2)31(26)24-13-12-21(33-20-6-4-3-5-7-20)15-22(24)25(28-23)18-8-10-19(27)11-9-18/h3-13,15,23H,14H2,1-2H3/t23-/m0/s1. The molecule has 3 aromatic carbocycles. The Morgan fingerprint density at radius 3 is 2.48 bits per heavy atom. The molecule has 0 saturated carbocycles. The lowest BCUT2D eigenvalue weighted by atomic mass is 10.00. The molecule has 7 heteroatoms. The van der Waals surface area contributed by atoms with Crippen LogP contribution in [0.25, 0.3) is 5.69 Å². The second-order valence-corrected chi connectivity index (χ2v) is 9.52. The van der Waals surface area contributed by atoms with Crippen molar-refractivity contribution in [2.75, 3.05) is 0 Å². The van der Waals surface area contributed by atoms with Crippen molar-refractivity contribution in [3.63, 3.8) is 0 Å². The molecule has 4 aromatic rings. The molecule has 0 saturated heterocycles. The maximum absolute atomic E-state index is 12.1. The second kappa shape index (κ2) is 8.96. The average molecular weight is 473 g/mol. The fourth-order valence-corrected chi connectivity index (χ4v) is 5.01. The van der Waals surface area contributed by atoms with Crippen molar-refractivity contribution >= 4 is 34.9 Å². The Morgan fingerprint density at radius 1 is 1.00 bits per heavy atom. The molecule has 1 aromatic heterocycles. The molecule has 5 nitrogen and oxygen atoms in total. The number of carbonyl (C=O) groups is 1. The molecule has 2 heterocycles. The summed E-state index contributed by atoms with van der Waals surface area (Å²) in [5.74, 6) is 1.49. The first-order valence-electron chi connectivity index (χ1n) is 10.6. The number of Topliss-reactive ketones (excluding diaryl/α,β-unsaturated/α-hetero) is 1. The normalized spacial score (nSPS) is 14.8. The van der Waals surface area contributed by atoms with E-state index in [-0.39, 0.29) is 12.2 Å².